The van der Waals surface area contributed by atoms with Crippen LogP contribution in [-0.2, 0) is 12.8 Å². The van der Waals surface area contributed by atoms with E-state index in [9.17, 15) is 9.59 Å². The zero-order valence-electron chi connectivity index (χ0n) is 18.5. The van der Waals surface area contributed by atoms with Gasteiger partial charge < -0.3 is 21.3 Å². The first kappa shape index (κ1) is 21.2. The van der Waals surface area contributed by atoms with Crippen LogP contribution in [0.2, 0.25) is 0 Å². The number of thiophene rings is 2. The molecular formula is C26H24N4O2S2. The molecule has 6 nitrogen and oxygen atoms in total. The second-order valence-corrected chi connectivity index (χ2v) is 11.0. The molecule has 6 rings (SSSR count). The second-order valence-electron chi connectivity index (χ2n) is 8.73. The molecule has 0 radical (unpaired) electrons. The standard InChI is InChI=1S/C26H24N4O2S2/c27-20-19-21(28)23(25(32)30-14-6-10-16-8-2-4-12-18(16)30)34-26(19)33-22(20)24(31)29-13-5-9-15-7-1-3-11-17(15)29/h1-4,7-8,11-12H,5-6,9-10,13-14,27-28H2. The van der Waals surface area contributed by atoms with Gasteiger partial charge in [-0.25, -0.2) is 0 Å². The number of para-hydroxylation sites is 2. The molecule has 4 N–H and O–H groups in total. The predicted molar refractivity (Wildman–Crippen MR) is 141 cm³/mol. The summed E-state index contributed by atoms with van der Waals surface area (Å²) in [5.74, 6) is -0.203. The normalized spacial score (nSPS) is 15.3. The lowest BCUT2D eigenvalue weighted by Crippen LogP contribution is -2.35. The Morgan fingerprint density at radius 1 is 0.706 bits per heavy atom. The third kappa shape index (κ3) is 3.20. The van der Waals surface area contributed by atoms with Gasteiger partial charge in [0.2, 0.25) is 0 Å². The zero-order chi connectivity index (χ0) is 23.4. The van der Waals surface area contributed by atoms with Crippen LogP contribution in [0.1, 0.15) is 43.3 Å². The fraction of sp³-hybridized carbons (Fsp3) is 0.231. The number of amides is 2. The Morgan fingerprint density at radius 3 is 1.59 bits per heavy atom. The molecular weight excluding hydrogens is 464 g/mol. The highest BCUT2D eigenvalue weighted by molar-refractivity contribution is 7.40. The van der Waals surface area contributed by atoms with Crippen molar-refractivity contribution >= 4 is 66.6 Å². The van der Waals surface area contributed by atoms with Crippen LogP contribution in [0.4, 0.5) is 22.7 Å². The van der Waals surface area contributed by atoms with Gasteiger partial charge in [0.25, 0.3) is 11.8 Å². The minimum Gasteiger partial charge on any atom is -0.397 e. The number of nitrogens with zero attached hydrogens (tertiary/aromatic N) is 2. The summed E-state index contributed by atoms with van der Waals surface area (Å²) in [5, 5.41) is 0.636. The highest BCUT2D eigenvalue weighted by Gasteiger charge is 2.32. The number of rotatable bonds is 2. The summed E-state index contributed by atoms with van der Waals surface area (Å²) >= 11 is 2.67. The Hall–Kier alpha value is -3.36. The SMILES string of the molecule is Nc1c(C(=O)N2CCCc3ccccc32)sc2sc(C(=O)N3CCCc4ccccc43)c(N)c12. The molecule has 8 heteroatoms. The zero-order valence-corrected chi connectivity index (χ0v) is 20.2. The Morgan fingerprint density at radius 2 is 1.15 bits per heavy atom. The fourth-order valence-electron chi connectivity index (χ4n) is 5.06. The molecule has 0 aliphatic carbocycles. The number of hydrogen-bond donors (Lipinski definition) is 2. The minimum atomic E-state index is -0.102. The van der Waals surface area contributed by atoms with E-state index in [1.807, 2.05) is 46.2 Å². The van der Waals surface area contributed by atoms with Crippen molar-refractivity contribution < 1.29 is 9.59 Å². The van der Waals surface area contributed by atoms with Crippen LogP contribution in [0.3, 0.4) is 0 Å². The van der Waals surface area contributed by atoms with E-state index >= 15 is 0 Å². The molecule has 4 aromatic rings. The number of benzene rings is 2. The van der Waals surface area contributed by atoms with E-state index in [0.717, 1.165) is 41.1 Å². The van der Waals surface area contributed by atoms with Crippen molar-refractivity contribution in [1.29, 1.82) is 0 Å². The molecule has 0 fully saturated rings. The molecule has 2 amide bonds. The first-order valence-corrected chi connectivity index (χ1v) is 13.1. The molecule has 2 aliphatic heterocycles. The first-order chi connectivity index (χ1) is 16.5. The highest BCUT2D eigenvalue weighted by Crippen LogP contribution is 2.46. The predicted octanol–water partition coefficient (Wildman–Crippen LogP) is 5.31. The number of fused-ring (bicyclic) bond motifs is 3. The molecule has 0 bridgehead atoms. The average Bonchev–Trinajstić information content (AvgIpc) is 3.38. The lowest BCUT2D eigenvalue weighted by atomic mass is 10.0. The van der Waals surface area contributed by atoms with E-state index in [-0.39, 0.29) is 11.8 Å². The quantitative estimate of drug-likeness (QED) is 0.400. The largest absolute Gasteiger partial charge is 0.397 e. The third-order valence-corrected chi connectivity index (χ3v) is 9.20. The highest BCUT2D eigenvalue weighted by atomic mass is 32.2. The number of nitrogens with two attached hydrogens (primary N) is 2. The van der Waals surface area contributed by atoms with Gasteiger partial charge in [0, 0.05) is 24.5 Å². The number of carbonyl (C=O) groups excluding carboxylic acids is 2. The fourth-order valence-corrected chi connectivity index (χ4v) is 7.56. The summed E-state index contributed by atoms with van der Waals surface area (Å²) in [7, 11) is 0. The Bertz CT molecular complexity index is 1350. The number of carbonyl (C=O) groups is 2. The molecule has 34 heavy (non-hydrogen) atoms. The van der Waals surface area contributed by atoms with Gasteiger partial charge in [0.15, 0.2) is 0 Å². The van der Waals surface area contributed by atoms with Crippen LogP contribution >= 0.6 is 22.7 Å². The van der Waals surface area contributed by atoms with Crippen LogP contribution in [0.25, 0.3) is 9.40 Å². The van der Waals surface area contributed by atoms with Crippen molar-refractivity contribution in [2.75, 3.05) is 34.4 Å². The number of anilines is 4. The van der Waals surface area contributed by atoms with E-state index < -0.39 is 0 Å². The molecule has 4 heterocycles. The van der Waals surface area contributed by atoms with Gasteiger partial charge in [-0.05, 0) is 48.9 Å². The van der Waals surface area contributed by atoms with Crippen LogP contribution in [0, 0.1) is 0 Å². The molecule has 0 saturated heterocycles. The molecule has 0 atom stereocenters. The third-order valence-electron chi connectivity index (χ3n) is 6.72. The van der Waals surface area contributed by atoms with Crippen LogP contribution in [0.15, 0.2) is 48.5 Å². The maximum absolute atomic E-state index is 13.5. The lowest BCUT2D eigenvalue weighted by molar-refractivity contribution is 0.0982. The molecule has 0 spiro atoms. The van der Waals surface area contributed by atoms with E-state index in [1.165, 1.54) is 33.8 Å². The molecule has 2 aromatic heterocycles. The monoisotopic (exact) mass is 488 g/mol. The number of aryl methyl sites for hydroxylation is 2. The Labute approximate surface area is 205 Å². The van der Waals surface area contributed by atoms with Gasteiger partial charge in [0.05, 0.1) is 20.8 Å². The van der Waals surface area contributed by atoms with Crippen molar-refractivity contribution in [2.24, 2.45) is 0 Å². The molecule has 2 aliphatic rings. The summed E-state index contributed by atoms with van der Waals surface area (Å²) in [5.41, 5.74) is 18.0. The summed E-state index contributed by atoms with van der Waals surface area (Å²) in [6.07, 6.45) is 3.76. The van der Waals surface area contributed by atoms with Gasteiger partial charge in [-0.2, -0.15) is 0 Å². The van der Waals surface area contributed by atoms with Gasteiger partial charge in [0.1, 0.15) is 9.75 Å². The number of hydrogen-bond acceptors (Lipinski definition) is 6. The molecule has 0 saturated carbocycles. The number of nitrogen functional groups attached to an aromatic ring is 2. The maximum Gasteiger partial charge on any atom is 0.270 e. The molecule has 172 valence electrons. The average molecular weight is 489 g/mol. The van der Waals surface area contributed by atoms with Crippen molar-refractivity contribution in [3.8, 4) is 0 Å². The van der Waals surface area contributed by atoms with Gasteiger partial charge in [-0.1, -0.05) is 36.4 Å². The van der Waals surface area contributed by atoms with E-state index in [1.54, 1.807) is 0 Å². The topological polar surface area (TPSA) is 92.7 Å². The van der Waals surface area contributed by atoms with Crippen LogP contribution < -0.4 is 21.3 Å². The smallest absolute Gasteiger partial charge is 0.270 e. The van der Waals surface area contributed by atoms with Crippen LogP contribution in [-0.4, -0.2) is 24.9 Å². The van der Waals surface area contributed by atoms with Gasteiger partial charge in [-0.3, -0.25) is 9.59 Å². The Balaban J connectivity index is 1.36. The summed E-state index contributed by atoms with van der Waals surface area (Å²) in [4.78, 5) is 31.6. The first-order valence-electron chi connectivity index (χ1n) is 11.4. The van der Waals surface area contributed by atoms with Gasteiger partial charge >= 0.3 is 0 Å². The van der Waals surface area contributed by atoms with Crippen molar-refractivity contribution in [3.05, 3.63) is 69.4 Å². The van der Waals surface area contributed by atoms with Crippen molar-refractivity contribution in [3.63, 3.8) is 0 Å². The summed E-state index contributed by atoms with van der Waals surface area (Å²) < 4.78 is 0.817. The molecule has 0 unspecified atom stereocenters. The Kier molecular flexibility index (Phi) is 5.08. The van der Waals surface area contributed by atoms with Crippen LogP contribution in [0.5, 0.6) is 0 Å². The van der Waals surface area contributed by atoms with E-state index in [4.69, 9.17) is 11.5 Å². The second kappa shape index (κ2) is 8.14. The van der Waals surface area contributed by atoms with E-state index in [0.29, 0.717) is 39.6 Å². The van der Waals surface area contributed by atoms with E-state index in [2.05, 4.69) is 12.1 Å². The maximum atomic E-state index is 13.5. The van der Waals surface area contributed by atoms with Crippen molar-refractivity contribution in [2.45, 2.75) is 25.7 Å². The molecule has 2 aromatic carbocycles. The van der Waals surface area contributed by atoms with Gasteiger partial charge in [-0.15, -0.1) is 22.7 Å². The summed E-state index contributed by atoms with van der Waals surface area (Å²) in [6, 6.07) is 16.0. The van der Waals surface area contributed by atoms with Crippen molar-refractivity contribution in [1.82, 2.24) is 0 Å². The minimum absolute atomic E-state index is 0.102. The summed E-state index contributed by atoms with van der Waals surface area (Å²) in [6.45, 7) is 1.32. The lowest BCUT2D eigenvalue weighted by Gasteiger charge is -2.29.